The molecule has 4 nitrogen and oxygen atoms in total. The van der Waals surface area contributed by atoms with Crippen molar-refractivity contribution in [1.82, 2.24) is 14.7 Å². The van der Waals surface area contributed by atoms with Gasteiger partial charge in [-0.3, -0.25) is 14.6 Å². The van der Waals surface area contributed by atoms with Gasteiger partial charge in [-0.25, -0.2) is 4.39 Å². The lowest BCUT2D eigenvalue weighted by molar-refractivity contribution is -0.133. The highest BCUT2D eigenvalue weighted by Gasteiger charge is 2.23. The van der Waals surface area contributed by atoms with Crippen LogP contribution in [0.1, 0.15) is 24.8 Å². The zero-order chi connectivity index (χ0) is 16.1. The third-order valence-corrected chi connectivity index (χ3v) is 4.88. The van der Waals surface area contributed by atoms with E-state index < -0.39 is 0 Å². The highest BCUT2D eigenvalue weighted by molar-refractivity contribution is 5.78. The van der Waals surface area contributed by atoms with Gasteiger partial charge < -0.3 is 4.90 Å². The quantitative estimate of drug-likeness (QED) is 0.849. The molecule has 1 aromatic rings. The van der Waals surface area contributed by atoms with E-state index in [2.05, 4.69) is 9.80 Å². The van der Waals surface area contributed by atoms with E-state index >= 15 is 0 Å². The van der Waals surface area contributed by atoms with E-state index in [1.807, 2.05) is 17.0 Å². The number of carbonyl (C=O) groups excluding carboxylic acids is 1. The lowest BCUT2D eigenvalue weighted by Gasteiger charge is -2.36. The molecule has 1 aromatic carbocycles. The fraction of sp³-hybridized carbons (Fsp3) is 0.611. The number of piperazine rings is 1. The van der Waals surface area contributed by atoms with Gasteiger partial charge in [0.15, 0.2) is 0 Å². The Morgan fingerprint density at radius 2 is 1.57 bits per heavy atom. The van der Waals surface area contributed by atoms with Crippen LogP contribution in [0.5, 0.6) is 0 Å². The van der Waals surface area contributed by atoms with Crippen molar-refractivity contribution in [3.63, 3.8) is 0 Å². The molecule has 2 saturated heterocycles. The molecule has 23 heavy (non-hydrogen) atoms. The van der Waals surface area contributed by atoms with Gasteiger partial charge >= 0.3 is 0 Å². The first-order valence-corrected chi connectivity index (χ1v) is 8.68. The second kappa shape index (κ2) is 7.88. The smallest absolute Gasteiger partial charge is 0.236 e. The summed E-state index contributed by atoms with van der Waals surface area (Å²) >= 11 is 0. The van der Waals surface area contributed by atoms with Gasteiger partial charge in [0.25, 0.3) is 0 Å². The molecule has 0 radical (unpaired) electrons. The Kier molecular flexibility index (Phi) is 5.62. The van der Waals surface area contributed by atoms with Gasteiger partial charge in [-0.05, 0) is 25.3 Å². The molecule has 0 unspecified atom stereocenters. The van der Waals surface area contributed by atoms with Crippen LogP contribution in [0.2, 0.25) is 0 Å². The molecule has 0 aliphatic carbocycles. The summed E-state index contributed by atoms with van der Waals surface area (Å²) in [6.07, 6.45) is 3.53. The highest BCUT2D eigenvalue weighted by atomic mass is 19.1. The summed E-state index contributed by atoms with van der Waals surface area (Å²) in [6.45, 7) is 6.58. The highest BCUT2D eigenvalue weighted by Crippen LogP contribution is 2.13. The summed E-state index contributed by atoms with van der Waals surface area (Å²) in [4.78, 5) is 18.8. The Morgan fingerprint density at radius 3 is 2.26 bits per heavy atom. The molecule has 2 heterocycles. The lowest BCUT2D eigenvalue weighted by Crippen LogP contribution is -2.50. The number of nitrogens with zero attached hydrogens (tertiary/aromatic N) is 3. The number of amides is 1. The zero-order valence-corrected chi connectivity index (χ0v) is 13.7. The van der Waals surface area contributed by atoms with E-state index in [0.29, 0.717) is 13.1 Å². The van der Waals surface area contributed by atoms with E-state index in [1.54, 1.807) is 6.07 Å². The third kappa shape index (κ3) is 4.52. The summed E-state index contributed by atoms with van der Waals surface area (Å²) < 4.78 is 13.7. The Morgan fingerprint density at radius 1 is 0.913 bits per heavy atom. The molecule has 0 N–H and O–H groups in total. The lowest BCUT2D eigenvalue weighted by atomic mass is 10.1. The Hall–Kier alpha value is -1.46. The van der Waals surface area contributed by atoms with Crippen LogP contribution in [0, 0.1) is 5.82 Å². The van der Waals surface area contributed by atoms with Crippen molar-refractivity contribution in [2.45, 2.75) is 25.8 Å². The molecule has 126 valence electrons. The molecular formula is C18H26FN3O. The fourth-order valence-electron chi connectivity index (χ4n) is 3.41. The van der Waals surface area contributed by atoms with Crippen LogP contribution in [0.4, 0.5) is 4.39 Å². The second-order valence-corrected chi connectivity index (χ2v) is 6.59. The molecule has 2 aliphatic rings. The van der Waals surface area contributed by atoms with Crippen LogP contribution < -0.4 is 0 Å². The van der Waals surface area contributed by atoms with E-state index in [-0.39, 0.29) is 11.7 Å². The van der Waals surface area contributed by atoms with Gasteiger partial charge in [0.2, 0.25) is 5.91 Å². The topological polar surface area (TPSA) is 26.8 Å². The maximum atomic E-state index is 13.7. The summed E-state index contributed by atoms with van der Waals surface area (Å²) in [6, 6.07) is 6.97. The first kappa shape index (κ1) is 16.4. The van der Waals surface area contributed by atoms with Gasteiger partial charge in [0.05, 0.1) is 6.54 Å². The first-order chi connectivity index (χ1) is 11.2. The van der Waals surface area contributed by atoms with Crippen molar-refractivity contribution in [3.8, 4) is 0 Å². The SMILES string of the molecule is O=C(CN1CCN(Cc2ccccc2F)CC1)N1CCCCC1. The van der Waals surface area contributed by atoms with Crippen molar-refractivity contribution in [2.24, 2.45) is 0 Å². The summed E-state index contributed by atoms with van der Waals surface area (Å²) in [5.41, 5.74) is 0.755. The molecule has 0 bridgehead atoms. The first-order valence-electron chi connectivity index (χ1n) is 8.68. The van der Waals surface area contributed by atoms with E-state index in [0.717, 1.165) is 57.7 Å². The minimum absolute atomic E-state index is 0.129. The number of likely N-dealkylation sites (tertiary alicyclic amines) is 1. The number of rotatable bonds is 4. The fourth-order valence-corrected chi connectivity index (χ4v) is 3.41. The molecule has 0 atom stereocenters. The normalized spacial score (nSPS) is 20.7. The molecule has 0 spiro atoms. The maximum absolute atomic E-state index is 13.7. The van der Waals surface area contributed by atoms with Crippen LogP contribution in [-0.4, -0.2) is 66.4 Å². The number of carbonyl (C=O) groups is 1. The van der Waals surface area contributed by atoms with E-state index in [1.165, 1.54) is 12.5 Å². The number of hydrogen-bond acceptors (Lipinski definition) is 3. The molecular weight excluding hydrogens is 293 g/mol. The predicted molar refractivity (Wildman–Crippen MR) is 88.5 cm³/mol. The van der Waals surface area contributed by atoms with Crippen LogP contribution in [0.15, 0.2) is 24.3 Å². The number of benzene rings is 1. The number of halogens is 1. The molecule has 0 saturated carbocycles. The Labute approximate surface area is 137 Å². The van der Waals surface area contributed by atoms with Gasteiger partial charge in [-0.2, -0.15) is 0 Å². The maximum Gasteiger partial charge on any atom is 0.236 e. The average molecular weight is 319 g/mol. The minimum atomic E-state index is -0.129. The van der Waals surface area contributed by atoms with Crippen LogP contribution in [0.25, 0.3) is 0 Å². The molecule has 5 heteroatoms. The van der Waals surface area contributed by atoms with Gasteiger partial charge in [-0.15, -0.1) is 0 Å². The summed E-state index contributed by atoms with van der Waals surface area (Å²) in [5.74, 6) is 0.141. The van der Waals surface area contributed by atoms with Crippen molar-refractivity contribution in [3.05, 3.63) is 35.6 Å². The van der Waals surface area contributed by atoms with Crippen LogP contribution in [-0.2, 0) is 11.3 Å². The van der Waals surface area contributed by atoms with E-state index in [4.69, 9.17) is 0 Å². The number of piperidine rings is 1. The summed E-state index contributed by atoms with van der Waals surface area (Å²) in [7, 11) is 0. The number of hydrogen-bond donors (Lipinski definition) is 0. The van der Waals surface area contributed by atoms with Gasteiger partial charge in [0, 0.05) is 51.4 Å². The second-order valence-electron chi connectivity index (χ2n) is 6.59. The van der Waals surface area contributed by atoms with Gasteiger partial charge in [0.1, 0.15) is 5.82 Å². The largest absolute Gasteiger partial charge is 0.342 e. The van der Waals surface area contributed by atoms with Crippen molar-refractivity contribution in [2.75, 3.05) is 45.8 Å². The average Bonchev–Trinajstić information content (AvgIpc) is 2.59. The molecule has 2 fully saturated rings. The Bertz CT molecular complexity index is 523. The Balaban J connectivity index is 1.43. The molecule has 2 aliphatic heterocycles. The molecule has 3 rings (SSSR count). The van der Waals surface area contributed by atoms with Crippen LogP contribution in [0.3, 0.4) is 0 Å². The predicted octanol–water partition coefficient (Wildman–Crippen LogP) is 1.96. The standard InChI is InChI=1S/C18H26FN3O/c19-17-7-3-2-6-16(17)14-20-10-12-21(13-11-20)15-18(23)22-8-4-1-5-9-22/h2-3,6-7H,1,4-5,8-15H2. The third-order valence-electron chi connectivity index (χ3n) is 4.88. The zero-order valence-electron chi connectivity index (χ0n) is 13.7. The van der Waals surface area contributed by atoms with E-state index in [9.17, 15) is 9.18 Å². The van der Waals surface area contributed by atoms with Crippen molar-refractivity contribution >= 4 is 5.91 Å². The minimum Gasteiger partial charge on any atom is -0.342 e. The molecule has 0 aromatic heterocycles. The van der Waals surface area contributed by atoms with Gasteiger partial charge in [-0.1, -0.05) is 18.2 Å². The van der Waals surface area contributed by atoms with Crippen LogP contribution >= 0.6 is 0 Å². The van der Waals surface area contributed by atoms with Crippen molar-refractivity contribution < 1.29 is 9.18 Å². The monoisotopic (exact) mass is 319 g/mol. The van der Waals surface area contributed by atoms with Crippen molar-refractivity contribution in [1.29, 1.82) is 0 Å². The summed E-state index contributed by atoms with van der Waals surface area (Å²) in [5, 5.41) is 0. The molecule has 1 amide bonds.